The number of nitrogens with zero attached hydrogens (tertiary/aromatic N) is 1. The van der Waals surface area contributed by atoms with Crippen LogP contribution in [0.5, 0.6) is 0 Å². The number of nitrogens with one attached hydrogen (secondary N) is 1. The summed E-state index contributed by atoms with van der Waals surface area (Å²) in [5.74, 6) is 0. The maximum Gasteiger partial charge on any atom is 0.0975 e. The Morgan fingerprint density at radius 3 is 2.70 bits per heavy atom. The molecule has 1 aromatic heterocycles. The van der Waals surface area contributed by atoms with Crippen molar-refractivity contribution >= 4 is 27.3 Å². The second-order valence-corrected chi connectivity index (χ2v) is 7.37. The highest BCUT2D eigenvalue weighted by Gasteiger charge is 2.21. The van der Waals surface area contributed by atoms with Crippen LogP contribution in [0.3, 0.4) is 0 Å². The Kier molecular flexibility index (Phi) is 4.54. The molecule has 0 unspecified atom stereocenters. The first-order chi connectivity index (χ1) is 9.74. The fourth-order valence-corrected chi connectivity index (χ4v) is 3.63. The van der Waals surface area contributed by atoms with Gasteiger partial charge in [-0.1, -0.05) is 35.0 Å². The van der Waals surface area contributed by atoms with Crippen molar-refractivity contribution in [3.8, 4) is 0 Å². The van der Waals surface area contributed by atoms with Gasteiger partial charge in [-0.2, -0.15) is 0 Å². The molecule has 0 aliphatic heterocycles. The fraction of sp³-hybridized carbons (Fsp3) is 0.438. The first kappa shape index (κ1) is 14.2. The number of aromatic nitrogens is 1. The minimum atomic E-state index is 0.761. The summed E-state index contributed by atoms with van der Waals surface area (Å²) in [6, 6.07) is 9.29. The SMILES string of the molecule is CCc1nc(Cc2ccc(Br)cc2)sc1CNC1CC1. The van der Waals surface area contributed by atoms with E-state index in [2.05, 4.69) is 52.4 Å². The van der Waals surface area contributed by atoms with Crippen LogP contribution in [-0.4, -0.2) is 11.0 Å². The van der Waals surface area contributed by atoms with Gasteiger partial charge >= 0.3 is 0 Å². The molecule has 2 aromatic rings. The molecule has 1 aliphatic rings. The van der Waals surface area contributed by atoms with E-state index in [0.29, 0.717) is 0 Å². The van der Waals surface area contributed by atoms with Gasteiger partial charge in [0.25, 0.3) is 0 Å². The van der Waals surface area contributed by atoms with E-state index in [0.717, 1.165) is 29.9 Å². The summed E-state index contributed by atoms with van der Waals surface area (Å²) in [6.45, 7) is 3.19. The lowest BCUT2D eigenvalue weighted by Gasteiger charge is -2.00. The second-order valence-electron chi connectivity index (χ2n) is 5.29. The van der Waals surface area contributed by atoms with Gasteiger partial charge in [0.1, 0.15) is 0 Å². The molecular formula is C16H19BrN2S. The predicted molar refractivity (Wildman–Crippen MR) is 88.3 cm³/mol. The molecule has 3 rings (SSSR count). The first-order valence-corrected chi connectivity index (χ1v) is 8.81. The molecule has 0 saturated heterocycles. The van der Waals surface area contributed by atoms with Crippen LogP contribution < -0.4 is 5.32 Å². The Morgan fingerprint density at radius 1 is 1.30 bits per heavy atom. The molecule has 20 heavy (non-hydrogen) atoms. The zero-order chi connectivity index (χ0) is 13.9. The number of benzene rings is 1. The third-order valence-corrected chi connectivity index (χ3v) is 5.18. The molecule has 1 aromatic carbocycles. The van der Waals surface area contributed by atoms with Crippen LogP contribution in [0, 0.1) is 0 Å². The molecule has 0 radical (unpaired) electrons. The van der Waals surface area contributed by atoms with E-state index < -0.39 is 0 Å². The summed E-state index contributed by atoms with van der Waals surface area (Å²) in [6.07, 6.45) is 4.64. The number of thiazole rings is 1. The zero-order valence-corrected chi connectivity index (χ0v) is 14.1. The molecule has 0 atom stereocenters. The topological polar surface area (TPSA) is 24.9 Å². The molecular weight excluding hydrogens is 332 g/mol. The Hall–Kier alpha value is -0.710. The van der Waals surface area contributed by atoms with Crippen molar-refractivity contribution in [3.63, 3.8) is 0 Å². The number of hydrogen-bond acceptors (Lipinski definition) is 3. The van der Waals surface area contributed by atoms with E-state index in [9.17, 15) is 0 Å². The second kappa shape index (κ2) is 6.37. The molecule has 0 spiro atoms. The van der Waals surface area contributed by atoms with Crippen molar-refractivity contribution in [1.29, 1.82) is 0 Å². The number of rotatable bonds is 6. The normalized spacial score (nSPS) is 14.7. The van der Waals surface area contributed by atoms with Crippen molar-refractivity contribution in [2.45, 2.75) is 45.2 Å². The lowest BCUT2D eigenvalue weighted by molar-refractivity contribution is 0.689. The van der Waals surface area contributed by atoms with Gasteiger partial charge in [-0.05, 0) is 37.0 Å². The summed E-state index contributed by atoms with van der Waals surface area (Å²) >= 11 is 5.34. The molecule has 1 N–H and O–H groups in total. The largest absolute Gasteiger partial charge is 0.309 e. The van der Waals surface area contributed by atoms with Crippen molar-refractivity contribution < 1.29 is 0 Å². The van der Waals surface area contributed by atoms with Gasteiger partial charge in [0.2, 0.25) is 0 Å². The van der Waals surface area contributed by atoms with Gasteiger partial charge in [-0.3, -0.25) is 0 Å². The van der Waals surface area contributed by atoms with Gasteiger partial charge in [-0.15, -0.1) is 11.3 Å². The predicted octanol–water partition coefficient (Wildman–Crippen LogP) is 4.31. The third kappa shape index (κ3) is 3.68. The summed E-state index contributed by atoms with van der Waals surface area (Å²) in [4.78, 5) is 6.23. The van der Waals surface area contributed by atoms with Crippen molar-refractivity contribution in [2.24, 2.45) is 0 Å². The Labute approximate surface area is 132 Å². The Balaban J connectivity index is 1.70. The average Bonchev–Trinajstić information content (AvgIpc) is 3.20. The van der Waals surface area contributed by atoms with Gasteiger partial charge in [-0.25, -0.2) is 4.98 Å². The van der Waals surface area contributed by atoms with E-state index in [4.69, 9.17) is 4.98 Å². The smallest absolute Gasteiger partial charge is 0.0975 e. The van der Waals surface area contributed by atoms with E-state index in [-0.39, 0.29) is 0 Å². The van der Waals surface area contributed by atoms with Crippen molar-refractivity contribution in [2.75, 3.05) is 0 Å². The van der Waals surface area contributed by atoms with E-state index in [1.807, 2.05) is 11.3 Å². The molecule has 106 valence electrons. The minimum absolute atomic E-state index is 0.761. The van der Waals surface area contributed by atoms with E-state index in [1.54, 1.807) is 0 Å². The maximum absolute atomic E-state index is 4.81. The highest BCUT2D eigenvalue weighted by atomic mass is 79.9. The van der Waals surface area contributed by atoms with Gasteiger partial charge in [0.15, 0.2) is 0 Å². The summed E-state index contributed by atoms with van der Waals surface area (Å²) in [5.41, 5.74) is 2.60. The van der Waals surface area contributed by atoms with E-state index in [1.165, 1.54) is 34.0 Å². The fourth-order valence-electron chi connectivity index (χ4n) is 2.23. The summed E-state index contributed by atoms with van der Waals surface area (Å²) in [5, 5.41) is 4.83. The van der Waals surface area contributed by atoms with Crippen LogP contribution >= 0.6 is 27.3 Å². The average molecular weight is 351 g/mol. The number of halogens is 1. The number of aryl methyl sites for hydroxylation is 1. The molecule has 0 bridgehead atoms. The highest BCUT2D eigenvalue weighted by Crippen LogP contribution is 2.25. The van der Waals surface area contributed by atoms with Crippen LogP contribution in [0.15, 0.2) is 28.7 Å². The van der Waals surface area contributed by atoms with Gasteiger partial charge in [0, 0.05) is 28.4 Å². The van der Waals surface area contributed by atoms with Crippen molar-refractivity contribution in [3.05, 3.63) is 49.9 Å². The standard InChI is InChI=1S/C16H19BrN2S/c1-2-14-15(10-18-13-7-8-13)20-16(19-14)9-11-3-5-12(17)6-4-11/h3-6,13,18H,2,7-10H2,1H3. The van der Waals surface area contributed by atoms with Crippen LogP contribution in [0.2, 0.25) is 0 Å². The third-order valence-electron chi connectivity index (χ3n) is 3.55. The monoisotopic (exact) mass is 350 g/mol. The number of hydrogen-bond donors (Lipinski definition) is 1. The molecule has 2 nitrogen and oxygen atoms in total. The van der Waals surface area contributed by atoms with Crippen LogP contribution in [-0.2, 0) is 19.4 Å². The first-order valence-electron chi connectivity index (χ1n) is 7.20. The molecule has 1 saturated carbocycles. The summed E-state index contributed by atoms with van der Waals surface area (Å²) < 4.78 is 1.13. The molecule has 1 aliphatic carbocycles. The molecule has 0 amide bonds. The molecule has 4 heteroatoms. The quantitative estimate of drug-likeness (QED) is 0.839. The minimum Gasteiger partial charge on any atom is -0.309 e. The van der Waals surface area contributed by atoms with Crippen molar-refractivity contribution in [1.82, 2.24) is 10.3 Å². The summed E-state index contributed by atoms with van der Waals surface area (Å²) in [7, 11) is 0. The van der Waals surface area contributed by atoms with Crippen LogP contribution in [0.4, 0.5) is 0 Å². The molecule has 1 fully saturated rings. The highest BCUT2D eigenvalue weighted by molar-refractivity contribution is 9.10. The lowest BCUT2D eigenvalue weighted by Crippen LogP contribution is -2.15. The lowest BCUT2D eigenvalue weighted by atomic mass is 10.2. The van der Waals surface area contributed by atoms with Gasteiger partial charge in [0.05, 0.1) is 10.7 Å². The Morgan fingerprint density at radius 2 is 2.05 bits per heavy atom. The zero-order valence-electron chi connectivity index (χ0n) is 11.7. The Bertz CT molecular complexity index is 573. The molecule has 1 heterocycles. The van der Waals surface area contributed by atoms with Gasteiger partial charge < -0.3 is 5.32 Å². The maximum atomic E-state index is 4.81. The van der Waals surface area contributed by atoms with Crippen LogP contribution in [0.1, 0.15) is 40.9 Å². The van der Waals surface area contributed by atoms with E-state index >= 15 is 0 Å². The van der Waals surface area contributed by atoms with Crippen LogP contribution in [0.25, 0.3) is 0 Å².